The summed E-state index contributed by atoms with van der Waals surface area (Å²) in [4.78, 5) is 46.0. The molecule has 3 amide bonds. The Morgan fingerprint density at radius 2 is 1.71 bits per heavy atom. The van der Waals surface area contributed by atoms with Gasteiger partial charge >= 0.3 is 18.0 Å². The lowest BCUT2D eigenvalue weighted by molar-refractivity contribution is -0.143. The van der Waals surface area contributed by atoms with Gasteiger partial charge in [-0.3, -0.25) is 14.4 Å². The topological polar surface area (TPSA) is 134 Å². The van der Waals surface area contributed by atoms with Crippen LogP contribution in [0.1, 0.15) is 42.5 Å². The van der Waals surface area contributed by atoms with Crippen molar-refractivity contribution in [2.75, 3.05) is 19.0 Å². The van der Waals surface area contributed by atoms with Crippen LogP contribution in [0.25, 0.3) is 0 Å². The number of benzene rings is 1. The van der Waals surface area contributed by atoms with Crippen molar-refractivity contribution in [3.8, 4) is 0 Å². The molecular weight excluding hydrogens is 366 g/mol. The van der Waals surface area contributed by atoms with Crippen LogP contribution in [0.15, 0.2) is 24.3 Å². The molecule has 0 aromatic heterocycles. The number of ether oxygens (including phenoxy) is 1. The second kappa shape index (κ2) is 10.3. The fraction of sp³-hybridized carbons (Fsp3) is 0.474. The van der Waals surface area contributed by atoms with Gasteiger partial charge in [-0.15, -0.1) is 0 Å². The normalized spacial score (nSPS) is 18.6. The van der Waals surface area contributed by atoms with E-state index in [1.807, 2.05) is 0 Å². The number of carbonyl (C=O) groups excluding carboxylic acids is 3. The Balaban J connectivity index is 1.75. The van der Waals surface area contributed by atoms with Crippen LogP contribution in [0.4, 0.5) is 10.5 Å². The zero-order valence-electron chi connectivity index (χ0n) is 15.7. The molecule has 28 heavy (non-hydrogen) atoms. The summed E-state index contributed by atoms with van der Waals surface area (Å²) >= 11 is 0. The summed E-state index contributed by atoms with van der Waals surface area (Å²) in [5.41, 5.74) is 0.936. The average molecular weight is 391 g/mol. The average Bonchev–Trinajstić information content (AvgIpc) is 2.68. The van der Waals surface area contributed by atoms with Crippen molar-refractivity contribution in [3.05, 3.63) is 29.8 Å². The summed E-state index contributed by atoms with van der Waals surface area (Å²) in [6, 6.07) is 5.94. The van der Waals surface area contributed by atoms with Crippen LogP contribution in [0, 0.1) is 5.92 Å². The lowest BCUT2D eigenvalue weighted by atomic mass is 9.86. The van der Waals surface area contributed by atoms with E-state index in [4.69, 9.17) is 5.11 Å². The monoisotopic (exact) mass is 391 g/mol. The predicted molar refractivity (Wildman–Crippen MR) is 101 cm³/mol. The Bertz CT molecular complexity index is 711. The van der Waals surface area contributed by atoms with E-state index in [-0.39, 0.29) is 36.9 Å². The summed E-state index contributed by atoms with van der Waals surface area (Å²) in [7, 11) is 1.28. The molecule has 0 bridgehead atoms. The Morgan fingerprint density at radius 3 is 2.29 bits per heavy atom. The first-order chi connectivity index (χ1) is 13.4. The quantitative estimate of drug-likeness (QED) is 0.523. The van der Waals surface area contributed by atoms with Gasteiger partial charge in [-0.1, -0.05) is 0 Å². The largest absolute Gasteiger partial charge is 0.481 e. The highest BCUT2D eigenvalue weighted by atomic mass is 16.5. The lowest BCUT2D eigenvalue weighted by Crippen LogP contribution is -2.40. The van der Waals surface area contributed by atoms with Crippen LogP contribution in [-0.2, 0) is 14.3 Å². The highest BCUT2D eigenvalue weighted by molar-refractivity contribution is 5.95. The Labute approximate surface area is 162 Å². The summed E-state index contributed by atoms with van der Waals surface area (Å²) in [5.74, 6) is -1.83. The molecule has 1 aliphatic carbocycles. The van der Waals surface area contributed by atoms with Crippen LogP contribution < -0.4 is 16.0 Å². The molecular formula is C19H25N3O6. The maximum absolute atomic E-state index is 12.1. The van der Waals surface area contributed by atoms with Gasteiger partial charge in [0.2, 0.25) is 0 Å². The van der Waals surface area contributed by atoms with Gasteiger partial charge in [-0.05, 0) is 49.9 Å². The SMILES string of the molecule is COC(=O)CCNC(=O)c1ccc(NC(=O)NC2CCC(C(=O)O)CC2)cc1. The molecule has 152 valence electrons. The standard InChI is InChI=1S/C19H25N3O6/c1-28-16(23)10-11-20-17(24)12-2-6-14(7-3-12)21-19(27)22-15-8-4-13(5-9-15)18(25)26/h2-3,6-7,13,15H,4-5,8-11H2,1H3,(H,20,24)(H,25,26)(H2,21,22,27). The van der Waals surface area contributed by atoms with Gasteiger partial charge in [-0.2, -0.15) is 0 Å². The third-order valence-corrected chi connectivity index (χ3v) is 4.66. The van der Waals surface area contributed by atoms with Crippen molar-refractivity contribution in [1.82, 2.24) is 10.6 Å². The highest BCUT2D eigenvalue weighted by Gasteiger charge is 2.26. The molecule has 0 atom stereocenters. The van der Waals surface area contributed by atoms with Gasteiger partial charge in [-0.25, -0.2) is 4.79 Å². The third-order valence-electron chi connectivity index (χ3n) is 4.66. The lowest BCUT2D eigenvalue weighted by Gasteiger charge is -2.26. The van der Waals surface area contributed by atoms with Gasteiger partial charge < -0.3 is 25.8 Å². The number of methoxy groups -OCH3 is 1. The molecule has 2 rings (SSSR count). The zero-order valence-corrected chi connectivity index (χ0v) is 15.7. The summed E-state index contributed by atoms with van der Waals surface area (Å²) in [6.07, 6.45) is 2.47. The molecule has 1 saturated carbocycles. The van der Waals surface area contributed by atoms with Gasteiger partial charge in [0.05, 0.1) is 19.4 Å². The van der Waals surface area contributed by atoms with Gasteiger partial charge in [0.25, 0.3) is 5.91 Å². The minimum atomic E-state index is -0.780. The fourth-order valence-electron chi connectivity index (χ4n) is 3.02. The first kappa shape index (κ1) is 21.2. The molecule has 0 spiro atoms. The smallest absolute Gasteiger partial charge is 0.319 e. The molecule has 4 N–H and O–H groups in total. The van der Waals surface area contributed by atoms with Crippen molar-refractivity contribution in [1.29, 1.82) is 0 Å². The second-order valence-corrected chi connectivity index (χ2v) is 6.64. The number of rotatable bonds is 7. The van der Waals surface area contributed by atoms with E-state index >= 15 is 0 Å². The maximum Gasteiger partial charge on any atom is 0.319 e. The zero-order chi connectivity index (χ0) is 20.5. The third kappa shape index (κ3) is 6.57. The number of anilines is 1. The molecule has 1 aromatic rings. The minimum Gasteiger partial charge on any atom is -0.481 e. The molecule has 9 nitrogen and oxygen atoms in total. The van der Waals surface area contributed by atoms with Crippen molar-refractivity contribution in [2.24, 2.45) is 5.92 Å². The summed E-state index contributed by atoms with van der Waals surface area (Å²) in [5, 5.41) is 17.1. The number of carbonyl (C=O) groups is 4. The van der Waals surface area contributed by atoms with Crippen molar-refractivity contribution in [2.45, 2.75) is 38.1 Å². The maximum atomic E-state index is 12.1. The number of esters is 1. The minimum absolute atomic E-state index is 0.0459. The molecule has 9 heteroatoms. The molecule has 0 radical (unpaired) electrons. The molecule has 0 unspecified atom stereocenters. The van der Waals surface area contributed by atoms with Crippen LogP contribution in [-0.4, -0.2) is 48.7 Å². The van der Waals surface area contributed by atoms with Crippen LogP contribution in [0.3, 0.4) is 0 Å². The van der Waals surface area contributed by atoms with Crippen molar-refractivity contribution in [3.63, 3.8) is 0 Å². The van der Waals surface area contributed by atoms with Crippen LogP contribution in [0.5, 0.6) is 0 Å². The number of nitrogens with one attached hydrogen (secondary N) is 3. The second-order valence-electron chi connectivity index (χ2n) is 6.64. The van der Waals surface area contributed by atoms with E-state index in [1.54, 1.807) is 24.3 Å². The summed E-state index contributed by atoms with van der Waals surface area (Å²) in [6.45, 7) is 0.179. The Kier molecular flexibility index (Phi) is 7.79. The molecule has 1 aliphatic rings. The van der Waals surface area contributed by atoms with Crippen molar-refractivity contribution >= 4 is 29.6 Å². The fourth-order valence-corrected chi connectivity index (χ4v) is 3.02. The van der Waals surface area contributed by atoms with E-state index < -0.39 is 11.9 Å². The first-order valence-electron chi connectivity index (χ1n) is 9.14. The Morgan fingerprint density at radius 1 is 1.07 bits per heavy atom. The van der Waals surface area contributed by atoms with E-state index in [9.17, 15) is 19.2 Å². The number of amides is 3. The molecule has 1 fully saturated rings. The molecule has 0 heterocycles. The van der Waals surface area contributed by atoms with E-state index in [2.05, 4.69) is 20.7 Å². The van der Waals surface area contributed by atoms with E-state index in [1.165, 1.54) is 7.11 Å². The van der Waals surface area contributed by atoms with Crippen LogP contribution in [0.2, 0.25) is 0 Å². The molecule has 0 saturated heterocycles. The highest BCUT2D eigenvalue weighted by Crippen LogP contribution is 2.24. The van der Waals surface area contributed by atoms with E-state index in [0.29, 0.717) is 36.9 Å². The van der Waals surface area contributed by atoms with E-state index in [0.717, 1.165) is 0 Å². The number of carboxylic acid groups (broad SMARTS) is 1. The van der Waals surface area contributed by atoms with Gasteiger partial charge in [0.1, 0.15) is 0 Å². The number of hydrogen-bond acceptors (Lipinski definition) is 5. The Hall–Kier alpha value is -3.10. The number of carboxylic acids is 1. The molecule has 0 aliphatic heterocycles. The van der Waals surface area contributed by atoms with Gasteiger partial charge in [0.15, 0.2) is 0 Å². The van der Waals surface area contributed by atoms with Crippen LogP contribution >= 0.6 is 0 Å². The number of hydrogen-bond donors (Lipinski definition) is 4. The first-order valence-corrected chi connectivity index (χ1v) is 9.14. The predicted octanol–water partition coefficient (Wildman–Crippen LogP) is 1.74. The number of urea groups is 1. The summed E-state index contributed by atoms with van der Waals surface area (Å²) < 4.78 is 4.50. The molecule has 1 aromatic carbocycles. The number of aliphatic carboxylic acids is 1. The van der Waals surface area contributed by atoms with Gasteiger partial charge in [0, 0.05) is 23.8 Å². The van der Waals surface area contributed by atoms with Crippen molar-refractivity contribution < 1.29 is 29.0 Å².